The van der Waals surface area contributed by atoms with Gasteiger partial charge in [0.25, 0.3) is 0 Å². The van der Waals surface area contributed by atoms with E-state index in [2.05, 4.69) is 0 Å². The molecule has 0 bridgehead atoms. The van der Waals surface area contributed by atoms with Gasteiger partial charge < -0.3 is 0 Å². The normalized spacial score (nSPS) is 29.6. The fraction of sp³-hybridized carbons (Fsp3) is 0.750. The zero-order chi connectivity index (χ0) is 11.0. The van der Waals surface area contributed by atoms with E-state index in [1.54, 1.807) is 13.8 Å². The summed E-state index contributed by atoms with van der Waals surface area (Å²) in [5.74, 6) is -0.258. The Bertz CT molecular complexity index is 442. The lowest BCUT2D eigenvalue weighted by Gasteiger charge is -2.20. The van der Waals surface area contributed by atoms with Gasteiger partial charge in [-0.25, -0.2) is 16.8 Å². The van der Waals surface area contributed by atoms with Gasteiger partial charge in [0.1, 0.15) is 0 Å². The molecule has 82 valence electrons. The van der Waals surface area contributed by atoms with E-state index in [1.807, 2.05) is 0 Å². The quantitative estimate of drug-likeness (QED) is 0.715. The zero-order valence-electron chi connectivity index (χ0n) is 8.23. The molecule has 1 unspecified atom stereocenters. The summed E-state index contributed by atoms with van der Waals surface area (Å²) in [6.45, 7) is 3.33. The van der Waals surface area contributed by atoms with Gasteiger partial charge >= 0.3 is 0 Å². The van der Waals surface area contributed by atoms with Crippen LogP contribution in [-0.4, -0.2) is 27.8 Å². The highest BCUT2D eigenvalue weighted by Crippen LogP contribution is 2.25. The smallest absolute Gasteiger partial charge is 0.176 e. The van der Waals surface area contributed by atoms with Crippen LogP contribution in [0, 0.1) is 0 Å². The van der Waals surface area contributed by atoms with Crippen LogP contribution in [0.2, 0.25) is 0 Å². The molecule has 0 saturated heterocycles. The molecule has 0 aromatic heterocycles. The first kappa shape index (κ1) is 11.7. The summed E-state index contributed by atoms with van der Waals surface area (Å²) >= 11 is 0. The maximum atomic E-state index is 11.5. The molecule has 0 saturated carbocycles. The highest BCUT2D eigenvalue weighted by atomic mass is 32.2. The summed E-state index contributed by atoms with van der Waals surface area (Å²) < 4.78 is 46.1. The summed E-state index contributed by atoms with van der Waals surface area (Å²) in [5.41, 5.74) is 0. The number of rotatable bonds is 2. The van der Waals surface area contributed by atoms with Crippen LogP contribution in [-0.2, 0) is 19.7 Å². The van der Waals surface area contributed by atoms with Crippen molar-refractivity contribution in [3.8, 4) is 0 Å². The predicted molar refractivity (Wildman–Crippen MR) is 55.2 cm³/mol. The molecular weight excluding hydrogens is 224 g/mol. The van der Waals surface area contributed by atoms with Crippen LogP contribution in [0.5, 0.6) is 0 Å². The highest BCUT2D eigenvalue weighted by molar-refractivity contribution is 8.02. The molecule has 1 aliphatic rings. The molecule has 0 aliphatic carbocycles. The number of allylic oxidation sites excluding steroid dienone is 1. The van der Waals surface area contributed by atoms with E-state index in [0.717, 1.165) is 5.41 Å². The van der Waals surface area contributed by atoms with Crippen LogP contribution in [0.15, 0.2) is 10.3 Å². The Morgan fingerprint density at radius 2 is 1.86 bits per heavy atom. The minimum absolute atomic E-state index is 0.0437. The molecule has 1 aliphatic heterocycles. The Morgan fingerprint density at radius 3 is 2.29 bits per heavy atom. The van der Waals surface area contributed by atoms with Gasteiger partial charge in [-0.2, -0.15) is 0 Å². The van der Waals surface area contributed by atoms with Crippen LogP contribution >= 0.6 is 0 Å². The molecule has 0 aromatic rings. The Hall–Kier alpha value is -0.360. The molecule has 0 aromatic carbocycles. The molecular formula is C8H14O4S2. The van der Waals surface area contributed by atoms with Crippen molar-refractivity contribution in [2.45, 2.75) is 31.9 Å². The Morgan fingerprint density at radius 1 is 1.29 bits per heavy atom. The van der Waals surface area contributed by atoms with Crippen LogP contribution in [0.25, 0.3) is 0 Å². The Balaban J connectivity index is 3.32. The average molecular weight is 238 g/mol. The van der Waals surface area contributed by atoms with Crippen molar-refractivity contribution >= 4 is 19.7 Å². The van der Waals surface area contributed by atoms with Gasteiger partial charge in [-0.05, 0) is 12.8 Å². The molecule has 0 fully saturated rings. The first-order chi connectivity index (χ1) is 6.33. The summed E-state index contributed by atoms with van der Waals surface area (Å²) in [6, 6.07) is 0. The molecule has 0 radical (unpaired) electrons. The third kappa shape index (κ3) is 2.00. The second kappa shape index (κ2) is 3.66. The maximum absolute atomic E-state index is 11.5. The molecule has 1 rings (SSSR count). The maximum Gasteiger partial charge on any atom is 0.176 e. The monoisotopic (exact) mass is 238 g/mol. The molecule has 4 nitrogen and oxygen atoms in total. The van der Waals surface area contributed by atoms with Crippen molar-refractivity contribution < 1.29 is 16.8 Å². The van der Waals surface area contributed by atoms with E-state index in [-0.39, 0.29) is 17.1 Å². The predicted octanol–water partition coefficient (Wildman–Crippen LogP) is 0.860. The van der Waals surface area contributed by atoms with Crippen molar-refractivity contribution in [1.29, 1.82) is 0 Å². The van der Waals surface area contributed by atoms with Crippen molar-refractivity contribution in [1.82, 2.24) is 0 Å². The lowest BCUT2D eigenvalue weighted by atomic mass is 10.4. The van der Waals surface area contributed by atoms with Gasteiger partial charge in [0.15, 0.2) is 19.7 Å². The van der Waals surface area contributed by atoms with Gasteiger partial charge in [-0.15, -0.1) is 0 Å². The van der Waals surface area contributed by atoms with Crippen LogP contribution < -0.4 is 0 Å². The molecule has 1 heterocycles. The molecule has 0 amide bonds. The number of hydrogen-bond acceptors (Lipinski definition) is 4. The van der Waals surface area contributed by atoms with Gasteiger partial charge in [0.2, 0.25) is 0 Å². The molecule has 1 atom stereocenters. The second-order valence-corrected chi connectivity index (χ2v) is 7.51. The van der Waals surface area contributed by atoms with Crippen molar-refractivity contribution in [2.24, 2.45) is 0 Å². The zero-order valence-corrected chi connectivity index (χ0v) is 9.86. The van der Waals surface area contributed by atoms with E-state index < -0.39 is 24.9 Å². The average Bonchev–Trinajstić information content (AvgIpc) is 2.08. The lowest BCUT2D eigenvalue weighted by Crippen LogP contribution is -2.33. The van der Waals surface area contributed by atoms with Crippen LogP contribution in [0.4, 0.5) is 0 Å². The SMILES string of the molecule is CCC1=CS(=O)(=O)C(CC)CS1(=O)=O. The third-order valence-electron chi connectivity index (χ3n) is 2.37. The van der Waals surface area contributed by atoms with Crippen molar-refractivity contribution in [3.63, 3.8) is 0 Å². The van der Waals surface area contributed by atoms with Crippen molar-refractivity contribution in [3.05, 3.63) is 10.3 Å². The Labute approximate surface area is 84.8 Å². The standard InChI is InChI=1S/C8H14O4S2/c1-3-7-5-14(11,12)8(4-2)6-13(7,9)10/h5,8H,3-4,6H2,1-2H3. The van der Waals surface area contributed by atoms with Crippen LogP contribution in [0.1, 0.15) is 26.7 Å². The van der Waals surface area contributed by atoms with Gasteiger partial charge in [0.05, 0.1) is 15.9 Å². The van der Waals surface area contributed by atoms with Gasteiger partial charge in [0, 0.05) is 5.41 Å². The summed E-state index contributed by atoms with van der Waals surface area (Å²) in [4.78, 5) is 0.0437. The Kier molecular flexibility index (Phi) is 3.06. The lowest BCUT2D eigenvalue weighted by molar-refractivity contribution is 0.574. The number of hydrogen-bond donors (Lipinski definition) is 0. The van der Waals surface area contributed by atoms with Gasteiger partial charge in [-0.1, -0.05) is 13.8 Å². The summed E-state index contributed by atoms with van der Waals surface area (Å²) in [5, 5.41) is 0.169. The van der Waals surface area contributed by atoms with Gasteiger partial charge in [-0.3, -0.25) is 0 Å². The fourth-order valence-electron chi connectivity index (χ4n) is 1.45. The topological polar surface area (TPSA) is 68.3 Å². The van der Waals surface area contributed by atoms with Crippen molar-refractivity contribution in [2.75, 3.05) is 5.75 Å². The minimum atomic E-state index is -3.35. The van der Waals surface area contributed by atoms with E-state index in [4.69, 9.17) is 0 Å². The highest BCUT2D eigenvalue weighted by Gasteiger charge is 2.35. The molecule has 0 N–H and O–H groups in total. The molecule has 6 heteroatoms. The van der Waals surface area contributed by atoms with E-state index in [1.165, 1.54) is 0 Å². The van der Waals surface area contributed by atoms with E-state index >= 15 is 0 Å². The third-order valence-corrected chi connectivity index (χ3v) is 6.82. The fourth-order valence-corrected chi connectivity index (χ4v) is 6.31. The van der Waals surface area contributed by atoms with E-state index in [9.17, 15) is 16.8 Å². The number of sulfone groups is 2. The first-order valence-electron chi connectivity index (χ1n) is 4.50. The molecule has 0 spiro atoms. The minimum Gasteiger partial charge on any atom is -0.224 e. The largest absolute Gasteiger partial charge is 0.224 e. The van der Waals surface area contributed by atoms with E-state index in [0.29, 0.717) is 6.42 Å². The first-order valence-corrected chi connectivity index (χ1v) is 7.77. The molecule has 14 heavy (non-hydrogen) atoms. The van der Waals surface area contributed by atoms with Crippen LogP contribution in [0.3, 0.4) is 0 Å². The second-order valence-electron chi connectivity index (χ2n) is 3.34. The summed E-state index contributed by atoms with van der Waals surface area (Å²) in [6.07, 6.45) is 0.590. The summed E-state index contributed by atoms with van der Waals surface area (Å²) in [7, 11) is -6.67.